The number of aliphatic carboxylic acids is 1. The molecule has 2 unspecified atom stereocenters. The molecule has 2 heterocycles. The van der Waals surface area contributed by atoms with Crippen molar-refractivity contribution in [2.45, 2.75) is 44.6 Å². The van der Waals surface area contributed by atoms with E-state index in [2.05, 4.69) is 11.0 Å². The molecule has 148 valence electrons. The molecule has 0 aromatic heterocycles. The van der Waals surface area contributed by atoms with Crippen molar-refractivity contribution in [2.24, 2.45) is 11.7 Å². The summed E-state index contributed by atoms with van der Waals surface area (Å²) >= 11 is 0. The molecule has 3 rings (SSSR count). The largest absolute Gasteiger partial charge is 0.481 e. The van der Waals surface area contributed by atoms with E-state index < -0.39 is 5.97 Å². The van der Waals surface area contributed by atoms with E-state index in [0.29, 0.717) is 13.3 Å². The lowest BCUT2D eigenvalue weighted by Crippen LogP contribution is -2.44. The molecule has 0 aliphatic carbocycles. The van der Waals surface area contributed by atoms with Gasteiger partial charge in [-0.2, -0.15) is 0 Å². The van der Waals surface area contributed by atoms with Gasteiger partial charge in [-0.05, 0) is 44.8 Å². The summed E-state index contributed by atoms with van der Waals surface area (Å²) < 4.78 is 5.71. The summed E-state index contributed by atoms with van der Waals surface area (Å²) in [7, 11) is 0. The Bertz CT molecular complexity index is 666. The van der Waals surface area contributed by atoms with Crippen LogP contribution in [0.5, 0.6) is 5.75 Å². The van der Waals surface area contributed by atoms with E-state index in [9.17, 15) is 9.90 Å². The molecular weight excluding hydrogens is 344 g/mol. The lowest BCUT2D eigenvalue weighted by molar-refractivity contribution is -0.143. The number of hydrogen-bond acceptors (Lipinski definition) is 4. The minimum absolute atomic E-state index is 0.0440. The Morgan fingerprint density at radius 2 is 2.11 bits per heavy atom. The minimum Gasteiger partial charge on any atom is -0.481 e. The van der Waals surface area contributed by atoms with Gasteiger partial charge in [0.15, 0.2) is 12.7 Å². The highest BCUT2D eigenvalue weighted by Crippen LogP contribution is 2.36. The molecule has 27 heavy (non-hydrogen) atoms. The molecule has 2 aliphatic heterocycles. The van der Waals surface area contributed by atoms with Crippen molar-refractivity contribution in [1.29, 1.82) is 5.41 Å². The van der Waals surface area contributed by atoms with Gasteiger partial charge in [0.25, 0.3) is 0 Å². The fourth-order valence-corrected chi connectivity index (χ4v) is 4.14. The number of carbonyl (C=O) groups is 1. The number of nitrogens with zero attached hydrogens (tertiary/aromatic N) is 2. The molecule has 1 aromatic rings. The number of para-hydroxylation sites is 1. The van der Waals surface area contributed by atoms with Crippen LogP contribution in [-0.4, -0.2) is 53.2 Å². The summed E-state index contributed by atoms with van der Waals surface area (Å²) in [5, 5.41) is 17.0. The van der Waals surface area contributed by atoms with E-state index >= 15 is 0 Å². The zero-order valence-corrected chi connectivity index (χ0v) is 15.8. The fraction of sp³-hybridized carbons (Fsp3) is 0.600. The Labute approximate surface area is 160 Å². The van der Waals surface area contributed by atoms with Crippen LogP contribution in [0.2, 0.25) is 0 Å². The van der Waals surface area contributed by atoms with Crippen molar-refractivity contribution in [2.75, 3.05) is 26.4 Å². The van der Waals surface area contributed by atoms with E-state index in [1.54, 1.807) is 0 Å². The van der Waals surface area contributed by atoms with Gasteiger partial charge in [0, 0.05) is 12.1 Å². The number of carboxylic acid groups (broad SMARTS) is 1. The number of nitrogens with two attached hydrogens (primary N) is 1. The number of fused-ring (bicyclic) bond motifs is 1. The number of benzene rings is 1. The van der Waals surface area contributed by atoms with Gasteiger partial charge in [-0.1, -0.05) is 31.0 Å². The number of unbranched alkanes of at least 4 members (excludes halogenated alkanes) is 2. The fourth-order valence-electron chi connectivity index (χ4n) is 4.14. The Hall–Kier alpha value is -2.28. The van der Waals surface area contributed by atoms with Crippen LogP contribution in [0.25, 0.3) is 0 Å². The molecule has 0 spiro atoms. The molecule has 0 bridgehead atoms. The van der Waals surface area contributed by atoms with Gasteiger partial charge in [0.2, 0.25) is 0 Å². The second-order valence-corrected chi connectivity index (χ2v) is 7.51. The number of likely N-dealkylation sites (tertiary alicyclic amines) is 1. The van der Waals surface area contributed by atoms with Crippen LogP contribution in [0.1, 0.15) is 50.1 Å². The number of carboxylic acids is 1. The predicted molar refractivity (Wildman–Crippen MR) is 104 cm³/mol. The van der Waals surface area contributed by atoms with Crippen molar-refractivity contribution in [3.63, 3.8) is 0 Å². The number of piperidine rings is 1. The first-order chi connectivity index (χ1) is 13.1. The van der Waals surface area contributed by atoms with Gasteiger partial charge < -0.3 is 25.4 Å². The third-order valence-electron chi connectivity index (χ3n) is 5.63. The summed E-state index contributed by atoms with van der Waals surface area (Å²) in [4.78, 5) is 15.3. The summed E-state index contributed by atoms with van der Waals surface area (Å²) in [5.74, 6) is 0.0550. The molecule has 1 aromatic carbocycles. The number of rotatable bonds is 7. The van der Waals surface area contributed by atoms with Gasteiger partial charge in [0.1, 0.15) is 5.75 Å². The number of ether oxygens (including phenoxy) is 1. The normalized spacial score (nSPS) is 22.7. The molecule has 0 radical (unpaired) electrons. The number of guanidine groups is 1. The van der Waals surface area contributed by atoms with Crippen LogP contribution in [0.3, 0.4) is 0 Å². The van der Waals surface area contributed by atoms with Crippen LogP contribution >= 0.6 is 0 Å². The maximum absolute atomic E-state index is 11.2. The summed E-state index contributed by atoms with van der Waals surface area (Å²) in [6.45, 7) is 2.97. The SMILES string of the molecule is N=C(N)N1COc2ccccc2C1CCCCCN1CCCC(C(=O)O)C1. The number of hydrogen-bond donors (Lipinski definition) is 3. The molecule has 2 atom stereocenters. The molecular formula is C20H30N4O3. The third kappa shape index (κ3) is 4.91. The van der Waals surface area contributed by atoms with Crippen LogP contribution in [0.4, 0.5) is 0 Å². The van der Waals surface area contributed by atoms with Gasteiger partial charge in [-0.3, -0.25) is 10.2 Å². The maximum atomic E-state index is 11.2. The molecule has 0 amide bonds. The highest BCUT2D eigenvalue weighted by atomic mass is 16.5. The molecule has 0 saturated carbocycles. The smallest absolute Gasteiger partial charge is 0.307 e. The van der Waals surface area contributed by atoms with Crippen LogP contribution in [0, 0.1) is 11.3 Å². The molecule has 1 fully saturated rings. The van der Waals surface area contributed by atoms with Crippen LogP contribution in [0.15, 0.2) is 24.3 Å². The second kappa shape index (κ2) is 9.08. The summed E-state index contributed by atoms with van der Waals surface area (Å²) in [5.41, 5.74) is 6.85. The van der Waals surface area contributed by atoms with Crippen molar-refractivity contribution < 1.29 is 14.6 Å². The van der Waals surface area contributed by atoms with E-state index in [1.165, 1.54) is 0 Å². The highest BCUT2D eigenvalue weighted by molar-refractivity contribution is 5.75. The monoisotopic (exact) mass is 374 g/mol. The molecule has 4 N–H and O–H groups in total. The van der Waals surface area contributed by atoms with Crippen molar-refractivity contribution in [3.8, 4) is 5.75 Å². The Balaban J connectivity index is 1.46. The zero-order chi connectivity index (χ0) is 19.2. The molecule has 1 saturated heterocycles. The van der Waals surface area contributed by atoms with E-state index in [-0.39, 0.29) is 17.9 Å². The quantitative estimate of drug-likeness (QED) is 0.385. The first-order valence-corrected chi connectivity index (χ1v) is 9.84. The Morgan fingerprint density at radius 1 is 1.30 bits per heavy atom. The lowest BCUT2D eigenvalue weighted by Gasteiger charge is -2.37. The Kier molecular flexibility index (Phi) is 6.55. The van der Waals surface area contributed by atoms with Gasteiger partial charge in [0.05, 0.1) is 12.0 Å². The molecule has 7 heteroatoms. The first-order valence-electron chi connectivity index (χ1n) is 9.84. The molecule has 7 nitrogen and oxygen atoms in total. The maximum Gasteiger partial charge on any atom is 0.307 e. The number of nitrogens with one attached hydrogen (secondary N) is 1. The average Bonchev–Trinajstić information content (AvgIpc) is 2.67. The van der Waals surface area contributed by atoms with Gasteiger partial charge >= 0.3 is 5.97 Å². The second-order valence-electron chi connectivity index (χ2n) is 7.51. The minimum atomic E-state index is -0.665. The molecule has 2 aliphatic rings. The third-order valence-corrected chi connectivity index (χ3v) is 5.63. The zero-order valence-electron chi connectivity index (χ0n) is 15.8. The van der Waals surface area contributed by atoms with E-state index in [1.807, 2.05) is 23.1 Å². The van der Waals surface area contributed by atoms with Crippen molar-refractivity contribution in [1.82, 2.24) is 9.80 Å². The van der Waals surface area contributed by atoms with Crippen LogP contribution < -0.4 is 10.5 Å². The van der Waals surface area contributed by atoms with Crippen LogP contribution in [-0.2, 0) is 4.79 Å². The van der Waals surface area contributed by atoms with Gasteiger partial charge in [-0.15, -0.1) is 0 Å². The van der Waals surface area contributed by atoms with Crippen molar-refractivity contribution >= 4 is 11.9 Å². The first kappa shape index (κ1) is 19.5. The summed E-state index contributed by atoms with van der Waals surface area (Å²) in [6, 6.07) is 8.05. The summed E-state index contributed by atoms with van der Waals surface area (Å²) in [6.07, 6.45) is 5.90. The standard InChI is InChI=1S/C20H30N4O3/c21-20(22)24-14-27-18-10-4-3-8-16(18)17(24)9-2-1-5-11-23-12-6-7-15(13-23)19(25)26/h3-4,8,10,15,17H,1-2,5-7,9,11-14H2,(H3,21,22)(H,25,26). The highest BCUT2D eigenvalue weighted by Gasteiger charge is 2.29. The van der Waals surface area contributed by atoms with Gasteiger partial charge in [-0.25, -0.2) is 0 Å². The van der Waals surface area contributed by atoms with Crippen molar-refractivity contribution in [3.05, 3.63) is 29.8 Å². The topological polar surface area (TPSA) is 103 Å². The van der Waals surface area contributed by atoms with E-state index in [0.717, 1.165) is 62.9 Å². The lowest BCUT2D eigenvalue weighted by atomic mass is 9.96. The average molecular weight is 374 g/mol. The Morgan fingerprint density at radius 3 is 2.89 bits per heavy atom. The van der Waals surface area contributed by atoms with E-state index in [4.69, 9.17) is 15.9 Å². The predicted octanol–water partition coefficient (Wildman–Crippen LogP) is 2.63.